The molecule has 2 rings (SSSR count). The van der Waals surface area contributed by atoms with E-state index < -0.39 is 0 Å². The first kappa shape index (κ1) is 15.1. The molecule has 1 aromatic carbocycles. The van der Waals surface area contributed by atoms with Gasteiger partial charge in [0.05, 0.1) is 7.11 Å². The lowest BCUT2D eigenvalue weighted by Crippen LogP contribution is -2.23. The molecular formula is C17H23NOS. The van der Waals surface area contributed by atoms with E-state index in [2.05, 4.69) is 48.8 Å². The minimum absolute atomic E-state index is 0.381. The number of rotatable bonds is 7. The molecule has 0 saturated carbocycles. The molecule has 1 aromatic heterocycles. The molecule has 0 spiro atoms. The second-order valence-corrected chi connectivity index (χ2v) is 6.17. The maximum Gasteiger partial charge on any atom is 0.119 e. The number of hydrogen-bond donors (Lipinski definition) is 1. The largest absolute Gasteiger partial charge is 0.497 e. The van der Waals surface area contributed by atoms with E-state index in [1.54, 1.807) is 7.11 Å². The highest BCUT2D eigenvalue weighted by molar-refractivity contribution is 7.10. The van der Waals surface area contributed by atoms with Crippen LogP contribution in [0.5, 0.6) is 5.75 Å². The number of methoxy groups -OCH3 is 1. The van der Waals surface area contributed by atoms with Gasteiger partial charge in [0.2, 0.25) is 0 Å². The Morgan fingerprint density at radius 3 is 2.80 bits per heavy atom. The van der Waals surface area contributed by atoms with Gasteiger partial charge >= 0.3 is 0 Å². The molecule has 1 unspecified atom stereocenters. The van der Waals surface area contributed by atoms with Crippen molar-refractivity contribution >= 4 is 11.3 Å². The zero-order valence-electron chi connectivity index (χ0n) is 12.5. The Hall–Kier alpha value is -1.32. The molecule has 0 aliphatic rings. The molecule has 1 heterocycles. The fourth-order valence-corrected chi connectivity index (χ4v) is 3.07. The van der Waals surface area contributed by atoms with Crippen LogP contribution in [0.3, 0.4) is 0 Å². The summed E-state index contributed by atoms with van der Waals surface area (Å²) in [6.45, 7) is 5.41. The van der Waals surface area contributed by atoms with E-state index in [0.29, 0.717) is 6.04 Å². The van der Waals surface area contributed by atoms with Crippen molar-refractivity contribution in [2.45, 2.75) is 32.7 Å². The van der Waals surface area contributed by atoms with Crippen LogP contribution in [0.1, 0.15) is 35.4 Å². The fraction of sp³-hybridized carbons (Fsp3) is 0.412. The topological polar surface area (TPSA) is 21.3 Å². The number of hydrogen-bond acceptors (Lipinski definition) is 3. The first-order chi connectivity index (χ1) is 9.72. The highest BCUT2D eigenvalue weighted by Gasteiger charge is 2.13. The lowest BCUT2D eigenvalue weighted by Gasteiger charge is -2.18. The summed E-state index contributed by atoms with van der Waals surface area (Å²) in [5, 5.41) is 5.92. The molecule has 0 radical (unpaired) electrons. The monoisotopic (exact) mass is 289 g/mol. The zero-order chi connectivity index (χ0) is 14.4. The second-order valence-electron chi connectivity index (χ2n) is 5.05. The standard InChI is InChI=1S/C17H23NOS/c1-4-8-18-17(15-9-13(2)20-12-15)11-14-6-5-7-16(10-14)19-3/h5-7,9-10,12,17-18H,4,8,11H2,1-3H3. The normalized spacial score (nSPS) is 12.3. The van der Waals surface area contributed by atoms with Crippen LogP contribution in [0.2, 0.25) is 0 Å². The number of thiophene rings is 1. The average molecular weight is 289 g/mol. The predicted molar refractivity (Wildman–Crippen MR) is 86.8 cm³/mol. The molecule has 0 bridgehead atoms. The first-order valence-corrected chi connectivity index (χ1v) is 8.02. The minimum atomic E-state index is 0.381. The summed E-state index contributed by atoms with van der Waals surface area (Å²) in [6.07, 6.45) is 2.14. The van der Waals surface area contributed by atoms with Crippen LogP contribution in [0.25, 0.3) is 0 Å². The van der Waals surface area contributed by atoms with Gasteiger partial charge in [0.15, 0.2) is 0 Å². The summed E-state index contributed by atoms with van der Waals surface area (Å²) in [5.41, 5.74) is 2.70. The van der Waals surface area contributed by atoms with E-state index in [0.717, 1.165) is 25.1 Å². The van der Waals surface area contributed by atoms with Crippen LogP contribution in [-0.2, 0) is 6.42 Å². The quantitative estimate of drug-likeness (QED) is 0.818. The van der Waals surface area contributed by atoms with E-state index in [9.17, 15) is 0 Å². The third kappa shape index (κ3) is 4.09. The van der Waals surface area contributed by atoms with Gasteiger partial charge in [-0.25, -0.2) is 0 Å². The molecule has 0 amide bonds. The first-order valence-electron chi connectivity index (χ1n) is 7.14. The van der Waals surface area contributed by atoms with Crippen molar-refractivity contribution in [3.8, 4) is 5.75 Å². The highest BCUT2D eigenvalue weighted by atomic mass is 32.1. The summed E-state index contributed by atoms with van der Waals surface area (Å²) in [6, 6.07) is 11.0. The van der Waals surface area contributed by atoms with Crippen molar-refractivity contribution < 1.29 is 4.74 Å². The Morgan fingerprint density at radius 2 is 2.15 bits per heavy atom. The third-order valence-corrected chi connectivity index (χ3v) is 4.25. The smallest absolute Gasteiger partial charge is 0.119 e. The lowest BCUT2D eigenvalue weighted by molar-refractivity contribution is 0.413. The summed E-state index contributed by atoms with van der Waals surface area (Å²) >= 11 is 1.82. The minimum Gasteiger partial charge on any atom is -0.497 e. The van der Waals surface area contributed by atoms with Gasteiger partial charge in [0, 0.05) is 10.9 Å². The molecule has 2 nitrogen and oxygen atoms in total. The van der Waals surface area contributed by atoms with Crippen molar-refractivity contribution in [2.24, 2.45) is 0 Å². The Morgan fingerprint density at radius 1 is 1.30 bits per heavy atom. The molecule has 20 heavy (non-hydrogen) atoms. The molecule has 1 atom stereocenters. The molecule has 0 saturated heterocycles. The zero-order valence-corrected chi connectivity index (χ0v) is 13.3. The van der Waals surface area contributed by atoms with E-state index in [-0.39, 0.29) is 0 Å². The van der Waals surface area contributed by atoms with Gasteiger partial charge in [-0.2, -0.15) is 0 Å². The van der Waals surface area contributed by atoms with Gasteiger partial charge in [-0.15, -0.1) is 11.3 Å². The van der Waals surface area contributed by atoms with Crippen molar-refractivity contribution in [3.63, 3.8) is 0 Å². The molecule has 0 fully saturated rings. The van der Waals surface area contributed by atoms with Crippen LogP contribution in [0.4, 0.5) is 0 Å². The Kier molecular flexibility index (Phi) is 5.62. The molecule has 1 N–H and O–H groups in total. The van der Waals surface area contributed by atoms with Gasteiger partial charge < -0.3 is 10.1 Å². The molecule has 0 aliphatic heterocycles. The number of ether oxygens (including phenoxy) is 1. The molecule has 2 aromatic rings. The van der Waals surface area contributed by atoms with Crippen molar-refractivity contribution in [1.82, 2.24) is 5.32 Å². The van der Waals surface area contributed by atoms with E-state index in [4.69, 9.17) is 4.74 Å². The Bertz CT molecular complexity index is 535. The summed E-state index contributed by atoms with van der Waals surface area (Å²) in [5.74, 6) is 0.929. The highest BCUT2D eigenvalue weighted by Crippen LogP contribution is 2.25. The summed E-state index contributed by atoms with van der Waals surface area (Å²) in [7, 11) is 1.72. The van der Waals surface area contributed by atoms with Crippen LogP contribution in [-0.4, -0.2) is 13.7 Å². The number of benzene rings is 1. The van der Waals surface area contributed by atoms with Crippen LogP contribution < -0.4 is 10.1 Å². The van der Waals surface area contributed by atoms with Gasteiger partial charge in [-0.3, -0.25) is 0 Å². The van der Waals surface area contributed by atoms with Crippen molar-refractivity contribution in [2.75, 3.05) is 13.7 Å². The molecule has 108 valence electrons. The van der Waals surface area contributed by atoms with E-state index in [1.807, 2.05) is 17.4 Å². The summed E-state index contributed by atoms with van der Waals surface area (Å²) in [4.78, 5) is 1.37. The van der Waals surface area contributed by atoms with Gasteiger partial charge in [0.25, 0.3) is 0 Å². The fourth-order valence-electron chi connectivity index (χ4n) is 2.31. The third-order valence-electron chi connectivity index (χ3n) is 3.37. The SMILES string of the molecule is CCCNC(Cc1cccc(OC)c1)c1csc(C)c1. The molecule has 0 aliphatic carbocycles. The van der Waals surface area contributed by atoms with Gasteiger partial charge in [0.1, 0.15) is 5.75 Å². The van der Waals surface area contributed by atoms with Crippen LogP contribution >= 0.6 is 11.3 Å². The summed E-state index contributed by atoms with van der Waals surface area (Å²) < 4.78 is 5.31. The van der Waals surface area contributed by atoms with Crippen molar-refractivity contribution in [1.29, 1.82) is 0 Å². The number of nitrogens with one attached hydrogen (secondary N) is 1. The predicted octanol–water partition coefficient (Wildman–Crippen LogP) is 4.35. The number of aryl methyl sites for hydroxylation is 1. The lowest BCUT2D eigenvalue weighted by atomic mass is 10.0. The van der Waals surface area contributed by atoms with Crippen molar-refractivity contribution in [3.05, 3.63) is 51.7 Å². The Labute approximate surface area is 125 Å². The van der Waals surface area contributed by atoms with Crippen LogP contribution in [0, 0.1) is 6.92 Å². The van der Waals surface area contributed by atoms with E-state index >= 15 is 0 Å². The maximum atomic E-state index is 5.31. The van der Waals surface area contributed by atoms with Gasteiger partial charge in [-0.1, -0.05) is 19.1 Å². The van der Waals surface area contributed by atoms with Crippen LogP contribution in [0.15, 0.2) is 35.7 Å². The van der Waals surface area contributed by atoms with Gasteiger partial charge in [-0.05, 0) is 61.0 Å². The average Bonchev–Trinajstić information content (AvgIpc) is 2.90. The molecular weight excluding hydrogens is 266 g/mol. The maximum absolute atomic E-state index is 5.31. The van der Waals surface area contributed by atoms with E-state index in [1.165, 1.54) is 16.0 Å². The second kappa shape index (κ2) is 7.46. The Balaban J connectivity index is 2.14. The molecule has 3 heteroatoms.